The topological polar surface area (TPSA) is 43.9 Å². The summed E-state index contributed by atoms with van der Waals surface area (Å²) in [5, 5.41) is 0. The Hall–Kier alpha value is -1.88. The molecule has 0 radical (unpaired) electrons. The molecule has 3 rings (SSSR count). The second-order valence-electron chi connectivity index (χ2n) is 8.56. The number of carbonyl (C=O) groups is 2. The molecule has 2 aliphatic rings. The summed E-state index contributed by atoms with van der Waals surface area (Å²) >= 11 is 0. The molecule has 1 aromatic carbocycles. The van der Waals surface area contributed by atoms with Gasteiger partial charge in [-0.05, 0) is 71.3 Å². The van der Waals surface area contributed by atoms with Gasteiger partial charge in [0.2, 0.25) is 11.8 Å². The predicted octanol–water partition coefficient (Wildman–Crippen LogP) is 2.85. The standard InChI is InChI=1S/C22H33N3O2/c1-16-5-6-20(17(2)13-16)25-15-19(14-21(25)26)22(27)24-11-8-18(9-12-24)7-10-23(3)4/h5-6,13,18-19H,7-12,14-15H2,1-4H3/t19-/m0/s1. The number of likely N-dealkylation sites (tertiary alicyclic amines) is 1. The van der Waals surface area contributed by atoms with Crippen molar-refractivity contribution in [2.24, 2.45) is 11.8 Å². The van der Waals surface area contributed by atoms with Gasteiger partial charge in [-0.3, -0.25) is 9.59 Å². The molecule has 148 valence electrons. The van der Waals surface area contributed by atoms with Crippen LogP contribution in [0.1, 0.15) is 36.8 Å². The Morgan fingerprint density at radius 2 is 1.89 bits per heavy atom. The molecule has 5 heteroatoms. The summed E-state index contributed by atoms with van der Waals surface area (Å²) in [7, 11) is 4.22. The Labute approximate surface area is 163 Å². The van der Waals surface area contributed by atoms with Gasteiger partial charge in [-0.25, -0.2) is 0 Å². The highest BCUT2D eigenvalue weighted by atomic mass is 16.2. The zero-order valence-corrected chi connectivity index (χ0v) is 17.2. The van der Waals surface area contributed by atoms with E-state index in [0.29, 0.717) is 18.9 Å². The highest BCUT2D eigenvalue weighted by Crippen LogP contribution is 2.30. The second-order valence-corrected chi connectivity index (χ2v) is 8.56. The summed E-state index contributed by atoms with van der Waals surface area (Å²) in [6.07, 6.45) is 3.71. The summed E-state index contributed by atoms with van der Waals surface area (Å²) in [6, 6.07) is 6.13. The van der Waals surface area contributed by atoms with Crippen LogP contribution in [0.3, 0.4) is 0 Å². The van der Waals surface area contributed by atoms with Crippen LogP contribution in [0.25, 0.3) is 0 Å². The number of hydrogen-bond donors (Lipinski definition) is 0. The smallest absolute Gasteiger partial charge is 0.228 e. The first kappa shape index (κ1) is 19.9. The molecule has 1 atom stereocenters. The number of carbonyl (C=O) groups excluding carboxylic acids is 2. The van der Waals surface area contributed by atoms with Gasteiger partial charge in [-0.15, -0.1) is 0 Å². The van der Waals surface area contributed by atoms with Crippen LogP contribution in [0, 0.1) is 25.7 Å². The van der Waals surface area contributed by atoms with Crippen molar-refractivity contribution in [3.8, 4) is 0 Å². The lowest BCUT2D eigenvalue weighted by molar-refractivity contribution is -0.137. The molecule has 2 saturated heterocycles. The average molecular weight is 372 g/mol. The molecule has 0 unspecified atom stereocenters. The Balaban J connectivity index is 1.57. The zero-order valence-electron chi connectivity index (χ0n) is 17.2. The van der Waals surface area contributed by atoms with Crippen molar-refractivity contribution in [1.29, 1.82) is 0 Å². The normalized spacial score (nSPS) is 21.4. The molecule has 0 N–H and O–H groups in total. The first-order valence-corrected chi connectivity index (χ1v) is 10.2. The molecular formula is C22H33N3O2. The maximum absolute atomic E-state index is 13.0. The fraction of sp³-hybridized carbons (Fsp3) is 0.636. The van der Waals surface area contributed by atoms with Gasteiger partial charge in [-0.1, -0.05) is 17.7 Å². The lowest BCUT2D eigenvalue weighted by atomic mass is 9.92. The van der Waals surface area contributed by atoms with E-state index in [9.17, 15) is 9.59 Å². The number of benzene rings is 1. The van der Waals surface area contributed by atoms with E-state index in [1.54, 1.807) is 4.90 Å². The van der Waals surface area contributed by atoms with Crippen LogP contribution in [0.5, 0.6) is 0 Å². The van der Waals surface area contributed by atoms with Gasteiger partial charge in [0.25, 0.3) is 0 Å². The molecular weight excluding hydrogens is 338 g/mol. The van der Waals surface area contributed by atoms with Gasteiger partial charge in [0.15, 0.2) is 0 Å². The van der Waals surface area contributed by atoms with Crippen molar-refractivity contribution in [2.45, 2.75) is 39.5 Å². The fourth-order valence-electron chi connectivity index (χ4n) is 4.36. The number of anilines is 1. The average Bonchev–Trinajstić information content (AvgIpc) is 3.01. The van der Waals surface area contributed by atoms with Crippen molar-refractivity contribution in [3.63, 3.8) is 0 Å². The van der Waals surface area contributed by atoms with Crippen molar-refractivity contribution in [3.05, 3.63) is 29.3 Å². The molecule has 2 heterocycles. The van der Waals surface area contributed by atoms with E-state index in [4.69, 9.17) is 0 Å². The lowest BCUT2D eigenvalue weighted by Crippen LogP contribution is -2.42. The minimum Gasteiger partial charge on any atom is -0.342 e. The van der Waals surface area contributed by atoms with Crippen LogP contribution in [-0.4, -0.2) is 61.9 Å². The molecule has 1 aromatic rings. The van der Waals surface area contributed by atoms with Crippen molar-refractivity contribution in [1.82, 2.24) is 9.80 Å². The van der Waals surface area contributed by atoms with E-state index in [1.807, 2.05) is 24.0 Å². The molecule has 27 heavy (non-hydrogen) atoms. The number of nitrogens with zero attached hydrogens (tertiary/aromatic N) is 3. The summed E-state index contributed by atoms with van der Waals surface area (Å²) in [5.41, 5.74) is 3.23. The van der Waals surface area contributed by atoms with Gasteiger partial charge in [0.05, 0.1) is 5.92 Å². The Kier molecular flexibility index (Phi) is 6.20. The van der Waals surface area contributed by atoms with E-state index in [1.165, 1.54) is 12.0 Å². The number of hydrogen-bond acceptors (Lipinski definition) is 3. The minimum absolute atomic E-state index is 0.0705. The van der Waals surface area contributed by atoms with E-state index < -0.39 is 0 Å². The van der Waals surface area contributed by atoms with Crippen molar-refractivity contribution in [2.75, 3.05) is 45.2 Å². The first-order valence-electron chi connectivity index (χ1n) is 10.2. The van der Waals surface area contributed by atoms with Crippen molar-refractivity contribution >= 4 is 17.5 Å². The summed E-state index contributed by atoms with van der Waals surface area (Å²) in [5.74, 6) is 0.757. The number of amides is 2. The number of piperidine rings is 1. The number of aryl methyl sites for hydroxylation is 2. The molecule has 2 aliphatic heterocycles. The van der Waals surface area contributed by atoms with Gasteiger partial charge in [-0.2, -0.15) is 0 Å². The predicted molar refractivity (Wildman–Crippen MR) is 109 cm³/mol. The zero-order chi connectivity index (χ0) is 19.6. The van der Waals surface area contributed by atoms with Crippen molar-refractivity contribution < 1.29 is 9.59 Å². The quantitative estimate of drug-likeness (QED) is 0.799. The van der Waals surface area contributed by atoms with Crippen LogP contribution in [-0.2, 0) is 9.59 Å². The molecule has 2 fully saturated rings. The molecule has 0 spiro atoms. The molecule has 5 nitrogen and oxygen atoms in total. The molecule has 0 aromatic heterocycles. The van der Waals surface area contributed by atoms with Crippen LogP contribution in [0.15, 0.2) is 18.2 Å². The van der Waals surface area contributed by atoms with E-state index in [2.05, 4.69) is 32.0 Å². The lowest BCUT2D eigenvalue weighted by Gasteiger charge is -2.34. The Morgan fingerprint density at radius 3 is 2.52 bits per heavy atom. The Bertz CT molecular complexity index is 693. The Morgan fingerprint density at radius 1 is 1.19 bits per heavy atom. The second kappa shape index (κ2) is 8.42. The molecule has 0 bridgehead atoms. The third-order valence-corrected chi connectivity index (χ3v) is 6.03. The van der Waals surface area contributed by atoms with Gasteiger partial charge in [0, 0.05) is 31.7 Å². The molecule has 0 aliphatic carbocycles. The number of rotatable bonds is 5. The summed E-state index contributed by atoms with van der Waals surface area (Å²) < 4.78 is 0. The van der Waals surface area contributed by atoms with E-state index in [-0.39, 0.29) is 17.7 Å². The first-order chi connectivity index (χ1) is 12.8. The van der Waals surface area contributed by atoms with Crippen LogP contribution in [0.2, 0.25) is 0 Å². The third kappa shape index (κ3) is 4.70. The van der Waals surface area contributed by atoms with E-state index in [0.717, 1.165) is 43.7 Å². The highest BCUT2D eigenvalue weighted by molar-refractivity contribution is 6.00. The monoisotopic (exact) mass is 371 g/mol. The summed E-state index contributed by atoms with van der Waals surface area (Å²) in [4.78, 5) is 31.6. The SMILES string of the molecule is Cc1ccc(N2C[C@@H](C(=O)N3CCC(CCN(C)C)CC3)CC2=O)c(C)c1. The maximum atomic E-state index is 13.0. The van der Waals surface area contributed by atoms with E-state index >= 15 is 0 Å². The highest BCUT2D eigenvalue weighted by Gasteiger charge is 2.38. The van der Waals surface area contributed by atoms with Crippen LogP contribution < -0.4 is 4.90 Å². The van der Waals surface area contributed by atoms with Gasteiger partial charge < -0.3 is 14.7 Å². The molecule has 2 amide bonds. The van der Waals surface area contributed by atoms with Crippen LogP contribution >= 0.6 is 0 Å². The molecule has 0 saturated carbocycles. The van der Waals surface area contributed by atoms with Crippen LogP contribution in [0.4, 0.5) is 5.69 Å². The minimum atomic E-state index is -0.198. The maximum Gasteiger partial charge on any atom is 0.228 e. The van der Waals surface area contributed by atoms with Gasteiger partial charge >= 0.3 is 0 Å². The summed E-state index contributed by atoms with van der Waals surface area (Å²) in [6.45, 7) is 7.39. The fourth-order valence-corrected chi connectivity index (χ4v) is 4.36. The largest absolute Gasteiger partial charge is 0.342 e. The third-order valence-electron chi connectivity index (χ3n) is 6.03. The van der Waals surface area contributed by atoms with Gasteiger partial charge in [0.1, 0.15) is 0 Å².